The van der Waals surface area contributed by atoms with Crippen molar-refractivity contribution >= 4 is 16.9 Å². The minimum Gasteiger partial charge on any atom is -0.352 e. The van der Waals surface area contributed by atoms with Crippen LogP contribution in [0.4, 0.5) is 0 Å². The van der Waals surface area contributed by atoms with Crippen molar-refractivity contribution in [2.75, 3.05) is 19.6 Å². The van der Waals surface area contributed by atoms with Crippen molar-refractivity contribution in [1.82, 2.24) is 25.6 Å². The molecule has 1 unspecified atom stereocenters. The van der Waals surface area contributed by atoms with Gasteiger partial charge in [-0.1, -0.05) is 5.21 Å². The Hall–Kier alpha value is -1.95. The molecule has 0 aliphatic carbocycles. The summed E-state index contributed by atoms with van der Waals surface area (Å²) >= 11 is 0. The van der Waals surface area contributed by atoms with Crippen LogP contribution in [0.5, 0.6) is 0 Å². The Morgan fingerprint density at radius 3 is 3.24 bits per heavy atom. The minimum atomic E-state index is -0.0358. The maximum atomic E-state index is 12.2. The van der Waals surface area contributed by atoms with Gasteiger partial charge in [0.25, 0.3) is 5.91 Å². The highest BCUT2D eigenvalue weighted by Gasteiger charge is 2.13. The third-order valence-electron chi connectivity index (χ3n) is 4.11. The van der Waals surface area contributed by atoms with Crippen molar-refractivity contribution in [3.63, 3.8) is 0 Å². The number of aromatic nitrogens is 3. The van der Waals surface area contributed by atoms with Crippen molar-refractivity contribution in [1.29, 1.82) is 0 Å². The molecule has 1 saturated heterocycles. The van der Waals surface area contributed by atoms with Crippen molar-refractivity contribution < 1.29 is 4.79 Å². The van der Waals surface area contributed by atoms with Crippen molar-refractivity contribution in [3.8, 4) is 0 Å². The molecule has 6 nitrogen and oxygen atoms in total. The van der Waals surface area contributed by atoms with Crippen LogP contribution in [-0.2, 0) is 7.05 Å². The third-order valence-corrected chi connectivity index (χ3v) is 4.11. The van der Waals surface area contributed by atoms with Gasteiger partial charge in [-0.05, 0) is 56.5 Å². The van der Waals surface area contributed by atoms with Crippen molar-refractivity contribution in [3.05, 3.63) is 23.8 Å². The van der Waals surface area contributed by atoms with Gasteiger partial charge in [-0.3, -0.25) is 4.79 Å². The number of amides is 1. The van der Waals surface area contributed by atoms with Gasteiger partial charge in [0.1, 0.15) is 5.52 Å². The lowest BCUT2D eigenvalue weighted by Crippen LogP contribution is -2.33. The highest BCUT2D eigenvalue weighted by Crippen LogP contribution is 2.14. The molecule has 1 aliphatic rings. The van der Waals surface area contributed by atoms with E-state index in [1.54, 1.807) is 10.7 Å². The lowest BCUT2D eigenvalue weighted by molar-refractivity contribution is 0.0951. The number of carbonyl (C=O) groups excluding carboxylic acids is 1. The van der Waals surface area contributed by atoms with Gasteiger partial charge >= 0.3 is 0 Å². The zero-order valence-electron chi connectivity index (χ0n) is 12.3. The zero-order valence-corrected chi connectivity index (χ0v) is 12.3. The summed E-state index contributed by atoms with van der Waals surface area (Å²) in [6, 6.07) is 5.50. The number of hydrogen-bond donors (Lipinski definition) is 2. The van der Waals surface area contributed by atoms with E-state index in [-0.39, 0.29) is 5.91 Å². The number of carbonyl (C=O) groups is 1. The van der Waals surface area contributed by atoms with Gasteiger partial charge in [0.15, 0.2) is 0 Å². The summed E-state index contributed by atoms with van der Waals surface area (Å²) < 4.78 is 1.70. The van der Waals surface area contributed by atoms with E-state index in [1.165, 1.54) is 12.8 Å². The number of piperidine rings is 1. The Morgan fingerprint density at radius 1 is 1.52 bits per heavy atom. The summed E-state index contributed by atoms with van der Waals surface area (Å²) in [4.78, 5) is 12.2. The molecule has 0 saturated carbocycles. The highest BCUT2D eigenvalue weighted by atomic mass is 16.1. The van der Waals surface area contributed by atoms with Crippen LogP contribution in [0.1, 0.15) is 29.6 Å². The molecule has 1 aliphatic heterocycles. The summed E-state index contributed by atoms with van der Waals surface area (Å²) in [5, 5.41) is 14.4. The summed E-state index contributed by atoms with van der Waals surface area (Å²) in [5.41, 5.74) is 2.33. The monoisotopic (exact) mass is 287 g/mol. The van der Waals surface area contributed by atoms with E-state index in [0.29, 0.717) is 11.5 Å². The molecule has 2 N–H and O–H groups in total. The van der Waals surface area contributed by atoms with E-state index in [0.717, 1.165) is 37.1 Å². The summed E-state index contributed by atoms with van der Waals surface area (Å²) in [7, 11) is 1.84. The summed E-state index contributed by atoms with van der Waals surface area (Å²) in [6.45, 7) is 2.92. The van der Waals surface area contributed by atoms with Gasteiger partial charge in [0.05, 0.1) is 5.52 Å². The Morgan fingerprint density at radius 2 is 2.43 bits per heavy atom. The lowest BCUT2D eigenvalue weighted by Gasteiger charge is -2.22. The zero-order chi connectivity index (χ0) is 14.7. The van der Waals surface area contributed by atoms with Crippen LogP contribution in [0.25, 0.3) is 11.0 Å². The van der Waals surface area contributed by atoms with Crippen LogP contribution < -0.4 is 10.6 Å². The summed E-state index contributed by atoms with van der Waals surface area (Å²) in [5.74, 6) is 0.646. The topological polar surface area (TPSA) is 71.8 Å². The molecular weight excluding hydrogens is 266 g/mol. The number of nitrogens with one attached hydrogen (secondary N) is 2. The fourth-order valence-electron chi connectivity index (χ4n) is 2.84. The largest absolute Gasteiger partial charge is 0.352 e. The molecule has 112 valence electrons. The molecule has 2 aromatic rings. The first-order valence-corrected chi connectivity index (χ1v) is 7.52. The number of aryl methyl sites for hydroxylation is 1. The molecular formula is C15H21N5O. The first-order valence-electron chi connectivity index (χ1n) is 7.52. The van der Waals surface area contributed by atoms with E-state index in [2.05, 4.69) is 20.9 Å². The number of hydrogen-bond acceptors (Lipinski definition) is 4. The molecule has 0 spiro atoms. The number of benzene rings is 1. The lowest BCUT2D eigenvalue weighted by atomic mass is 9.96. The quantitative estimate of drug-likeness (QED) is 0.883. The molecule has 6 heteroatoms. The minimum absolute atomic E-state index is 0.0358. The van der Waals surface area contributed by atoms with Crippen LogP contribution in [-0.4, -0.2) is 40.5 Å². The van der Waals surface area contributed by atoms with E-state index in [9.17, 15) is 4.79 Å². The van der Waals surface area contributed by atoms with Gasteiger partial charge in [0.2, 0.25) is 0 Å². The first-order chi connectivity index (χ1) is 10.2. The highest BCUT2D eigenvalue weighted by molar-refractivity contribution is 5.97. The molecule has 1 aromatic carbocycles. The van der Waals surface area contributed by atoms with Gasteiger partial charge in [-0.25, -0.2) is 4.68 Å². The molecule has 1 fully saturated rings. The molecule has 0 radical (unpaired) electrons. The smallest absolute Gasteiger partial charge is 0.251 e. The number of rotatable bonds is 4. The average Bonchev–Trinajstić information content (AvgIpc) is 2.89. The van der Waals surface area contributed by atoms with Crippen LogP contribution in [0.3, 0.4) is 0 Å². The second-order valence-electron chi connectivity index (χ2n) is 5.67. The van der Waals surface area contributed by atoms with Crippen molar-refractivity contribution in [2.45, 2.75) is 19.3 Å². The van der Waals surface area contributed by atoms with E-state index in [1.807, 2.05) is 19.2 Å². The Labute approximate surface area is 123 Å². The molecule has 21 heavy (non-hydrogen) atoms. The van der Waals surface area contributed by atoms with Gasteiger partial charge in [0, 0.05) is 19.2 Å². The molecule has 3 rings (SSSR count). The maximum Gasteiger partial charge on any atom is 0.251 e. The van der Waals surface area contributed by atoms with Crippen LogP contribution in [0.15, 0.2) is 18.2 Å². The second kappa shape index (κ2) is 6.22. The normalized spacial score (nSPS) is 18.8. The van der Waals surface area contributed by atoms with E-state index in [4.69, 9.17) is 0 Å². The predicted octanol–water partition coefficient (Wildman–Crippen LogP) is 1.09. The molecule has 2 heterocycles. The van der Waals surface area contributed by atoms with Gasteiger partial charge < -0.3 is 10.6 Å². The Balaban J connectivity index is 1.56. The first kappa shape index (κ1) is 14.0. The standard InChI is InChI=1S/C15H21N5O/c1-20-14-5-4-12(9-13(14)18-19-20)15(21)17-8-6-11-3-2-7-16-10-11/h4-5,9,11,16H,2-3,6-8,10H2,1H3,(H,17,21). The average molecular weight is 287 g/mol. The Kier molecular flexibility index (Phi) is 4.15. The SMILES string of the molecule is Cn1nnc2cc(C(=O)NCCC3CCCNC3)ccc21. The Bertz CT molecular complexity index is 630. The molecule has 1 amide bonds. The third kappa shape index (κ3) is 3.21. The number of fused-ring (bicyclic) bond motifs is 1. The van der Waals surface area contributed by atoms with E-state index >= 15 is 0 Å². The fraction of sp³-hybridized carbons (Fsp3) is 0.533. The van der Waals surface area contributed by atoms with Crippen LogP contribution in [0.2, 0.25) is 0 Å². The summed E-state index contributed by atoms with van der Waals surface area (Å²) in [6.07, 6.45) is 3.53. The van der Waals surface area contributed by atoms with E-state index < -0.39 is 0 Å². The predicted molar refractivity (Wildman–Crippen MR) is 81.1 cm³/mol. The number of nitrogens with zero attached hydrogens (tertiary/aromatic N) is 3. The molecule has 1 aromatic heterocycles. The van der Waals surface area contributed by atoms with Crippen LogP contribution in [0, 0.1) is 5.92 Å². The molecule has 1 atom stereocenters. The maximum absolute atomic E-state index is 12.2. The molecule has 0 bridgehead atoms. The van der Waals surface area contributed by atoms with Gasteiger partial charge in [-0.2, -0.15) is 0 Å². The second-order valence-corrected chi connectivity index (χ2v) is 5.67. The fourth-order valence-corrected chi connectivity index (χ4v) is 2.84. The van der Waals surface area contributed by atoms with Gasteiger partial charge in [-0.15, -0.1) is 5.10 Å². The van der Waals surface area contributed by atoms with Crippen molar-refractivity contribution in [2.24, 2.45) is 13.0 Å². The van der Waals surface area contributed by atoms with Crippen LogP contribution >= 0.6 is 0 Å².